The second kappa shape index (κ2) is 7.41. The maximum atomic E-state index is 13.3. The third-order valence-electron chi connectivity index (χ3n) is 5.19. The van der Waals surface area contributed by atoms with Crippen LogP contribution in [-0.4, -0.2) is 16.8 Å². The monoisotopic (exact) mass is 425 g/mol. The van der Waals surface area contributed by atoms with Crippen LogP contribution in [0.3, 0.4) is 0 Å². The van der Waals surface area contributed by atoms with Gasteiger partial charge in [0, 0.05) is 15.5 Å². The molecule has 0 unspecified atom stereocenters. The Labute approximate surface area is 178 Å². The van der Waals surface area contributed by atoms with E-state index < -0.39 is 11.5 Å². The Kier molecular flexibility index (Phi) is 5.07. The number of aryl methyl sites for hydroxylation is 2. The van der Waals surface area contributed by atoms with Crippen LogP contribution in [0.1, 0.15) is 37.7 Å². The maximum Gasteiger partial charge on any atom is 0.264 e. The van der Waals surface area contributed by atoms with E-state index in [2.05, 4.69) is 0 Å². The summed E-state index contributed by atoms with van der Waals surface area (Å²) in [5.74, 6) is -0.765. The molecule has 4 rings (SSSR count). The van der Waals surface area contributed by atoms with E-state index in [1.165, 1.54) is 16.2 Å². The van der Waals surface area contributed by atoms with Gasteiger partial charge in [-0.2, -0.15) is 0 Å². The van der Waals surface area contributed by atoms with Crippen LogP contribution in [0.15, 0.2) is 54.6 Å². The van der Waals surface area contributed by atoms with E-state index in [0.717, 1.165) is 16.0 Å². The number of benzene rings is 2. The lowest BCUT2D eigenvalue weighted by molar-refractivity contribution is -0.136. The highest BCUT2D eigenvalue weighted by Gasteiger charge is 2.51. The highest BCUT2D eigenvalue weighted by Crippen LogP contribution is 2.45. The molecule has 0 radical (unpaired) electrons. The number of amides is 1. The second-order valence-electron chi connectivity index (χ2n) is 7.41. The van der Waals surface area contributed by atoms with E-state index in [0.29, 0.717) is 27.7 Å². The number of rotatable bonds is 5. The summed E-state index contributed by atoms with van der Waals surface area (Å²) >= 11 is 7.51. The molecule has 2 aromatic carbocycles. The molecular formula is C23H20ClNO3S. The number of carbonyl (C=O) groups is 2. The van der Waals surface area contributed by atoms with Gasteiger partial charge in [0.15, 0.2) is 11.4 Å². The zero-order chi connectivity index (χ0) is 20.8. The molecule has 1 aliphatic rings. The average molecular weight is 426 g/mol. The molecule has 148 valence electrons. The molecule has 1 aromatic heterocycles. The first-order valence-corrected chi connectivity index (χ1v) is 10.5. The van der Waals surface area contributed by atoms with Crippen molar-refractivity contribution in [2.24, 2.45) is 0 Å². The lowest BCUT2D eigenvalue weighted by atomic mass is 9.89. The van der Waals surface area contributed by atoms with Crippen LogP contribution in [0.4, 0.5) is 5.69 Å². The quantitative estimate of drug-likeness (QED) is 0.583. The number of nitrogens with zero attached hydrogens (tertiary/aromatic N) is 1. The molecule has 1 amide bonds. The van der Waals surface area contributed by atoms with Gasteiger partial charge in [-0.25, -0.2) is 0 Å². The molecule has 1 N–H and O–H groups in total. The van der Waals surface area contributed by atoms with Crippen molar-refractivity contribution in [1.82, 2.24) is 0 Å². The number of fused-ring (bicyclic) bond motifs is 1. The van der Waals surface area contributed by atoms with Gasteiger partial charge in [0.1, 0.15) is 0 Å². The summed E-state index contributed by atoms with van der Waals surface area (Å²) in [6, 6.07) is 16.4. The van der Waals surface area contributed by atoms with Crippen LogP contribution >= 0.6 is 22.9 Å². The predicted octanol–water partition coefficient (Wildman–Crippen LogP) is 5.03. The van der Waals surface area contributed by atoms with Crippen molar-refractivity contribution in [3.05, 3.63) is 86.1 Å². The van der Waals surface area contributed by atoms with Gasteiger partial charge in [-0.3, -0.25) is 9.59 Å². The molecule has 4 nitrogen and oxygen atoms in total. The Balaban J connectivity index is 1.71. The smallest absolute Gasteiger partial charge is 0.264 e. The number of ketones is 1. The molecule has 0 spiro atoms. The Morgan fingerprint density at radius 1 is 1.10 bits per heavy atom. The van der Waals surface area contributed by atoms with Gasteiger partial charge in [0.2, 0.25) is 0 Å². The molecule has 3 aromatic rings. The number of hydrogen-bond donors (Lipinski definition) is 1. The molecule has 29 heavy (non-hydrogen) atoms. The molecule has 6 heteroatoms. The van der Waals surface area contributed by atoms with Crippen LogP contribution in [0.25, 0.3) is 0 Å². The Hall–Kier alpha value is -2.47. The number of hydrogen-bond acceptors (Lipinski definition) is 4. The third-order valence-corrected chi connectivity index (χ3v) is 6.46. The minimum absolute atomic E-state index is 0.262. The molecular weight excluding hydrogens is 406 g/mol. The van der Waals surface area contributed by atoms with Crippen molar-refractivity contribution in [2.45, 2.75) is 32.4 Å². The first-order chi connectivity index (χ1) is 13.8. The number of thiophene rings is 1. The minimum atomic E-state index is -1.93. The molecule has 0 bridgehead atoms. The highest BCUT2D eigenvalue weighted by atomic mass is 35.5. The normalized spacial score (nSPS) is 18.2. The first-order valence-electron chi connectivity index (χ1n) is 9.27. The van der Waals surface area contributed by atoms with Gasteiger partial charge in [-0.1, -0.05) is 41.4 Å². The van der Waals surface area contributed by atoms with Crippen molar-refractivity contribution >= 4 is 40.3 Å². The van der Waals surface area contributed by atoms with Gasteiger partial charge in [0.25, 0.3) is 5.91 Å². The lowest BCUT2D eigenvalue weighted by Gasteiger charge is -2.22. The fourth-order valence-corrected chi connectivity index (χ4v) is 4.61. The van der Waals surface area contributed by atoms with E-state index in [1.807, 2.05) is 44.2 Å². The van der Waals surface area contributed by atoms with Gasteiger partial charge < -0.3 is 10.0 Å². The van der Waals surface area contributed by atoms with Crippen LogP contribution < -0.4 is 4.90 Å². The summed E-state index contributed by atoms with van der Waals surface area (Å²) in [6.07, 6.45) is -0.316. The van der Waals surface area contributed by atoms with Crippen LogP contribution in [0.5, 0.6) is 0 Å². The molecule has 0 saturated heterocycles. The number of carbonyl (C=O) groups excluding carboxylic acids is 2. The maximum absolute atomic E-state index is 13.3. The van der Waals surface area contributed by atoms with Crippen molar-refractivity contribution in [1.29, 1.82) is 0 Å². The first kappa shape index (κ1) is 19.8. The summed E-state index contributed by atoms with van der Waals surface area (Å²) in [5, 5.41) is 11.8. The van der Waals surface area contributed by atoms with Crippen molar-refractivity contribution < 1.29 is 14.7 Å². The summed E-state index contributed by atoms with van der Waals surface area (Å²) in [4.78, 5) is 29.2. The summed E-state index contributed by atoms with van der Waals surface area (Å²) in [5.41, 5.74) is 1.10. The Bertz CT molecular complexity index is 1110. The molecule has 1 aliphatic heterocycles. The van der Waals surface area contributed by atoms with E-state index in [1.54, 1.807) is 24.3 Å². The second-order valence-corrected chi connectivity index (χ2v) is 9.13. The van der Waals surface area contributed by atoms with E-state index in [4.69, 9.17) is 11.6 Å². The van der Waals surface area contributed by atoms with E-state index >= 15 is 0 Å². The van der Waals surface area contributed by atoms with Gasteiger partial charge >= 0.3 is 0 Å². The number of halogens is 1. The van der Waals surface area contributed by atoms with E-state index in [9.17, 15) is 14.7 Å². The lowest BCUT2D eigenvalue weighted by Crippen LogP contribution is -2.41. The summed E-state index contributed by atoms with van der Waals surface area (Å²) < 4.78 is 0. The largest absolute Gasteiger partial charge is 0.375 e. The average Bonchev–Trinajstić information content (AvgIpc) is 3.20. The summed E-state index contributed by atoms with van der Waals surface area (Å²) in [6.45, 7) is 4.22. The zero-order valence-electron chi connectivity index (χ0n) is 16.1. The third kappa shape index (κ3) is 3.62. The number of anilines is 1. The fraction of sp³-hybridized carbons (Fsp3) is 0.217. The van der Waals surface area contributed by atoms with Crippen LogP contribution in [0, 0.1) is 13.8 Å². The number of Topliss-reactive ketones (excluding diaryl/α,β-unsaturated/α-hetero) is 1. The Morgan fingerprint density at radius 2 is 1.83 bits per heavy atom. The molecule has 0 aliphatic carbocycles. The molecule has 1 atom stereocenters. The van der Waals surface area contributed by atoms with Crippen molar-refractivity contribution in [3.8, 4) is 0 Å². The van der Waals surface area contributed by atoms with E-state index in [-0.39, 0.29) is 12.2 Å². The topological polar surface area (TPSA) is 57.6 Å². The van der Waals surface area contributed by atoms with Crippen molar-refractivity contribution in [3.63, 3.8) is 0 Å². The predicted molar refractivity (Wildman–Crippen MR) is 116 cm³/mol. The summed E-state index contributed by atoms with van der Waals surface area (Å²) in [7, 11) is 0. The minimum Gasteiger partial charge on any atom is -0.375 e. The molecule has 0 saturated carbocycles. The van der Waals surface area contributed by atoms with Crippen LogP contribution in [0.2, 0.25) is 5.02 Å². The van der Waals surface area contributed by atoms with Gasteiger partial charge in [-0.05, 0) is 49.7 Å². The Morgan fingerprint density at radius 3 is 2.48 bits per heavy atom. The molecule has 2 heterocycles. The fourth-order valence-electron chi connectivity index (χ4n) is 3.63. The standard InChI is InChI=1S/C23H20ClNO3S/c1-14-3-6-16(7-4-14)13-25-19-9-8-17(24)11-18(19)23(28,22(25)27)12-20(26)21-10-5-15(2)29-21/h3-11,28H,12-13H2,1-2H3/t23-/m0/s1. The van der Waals surface area contributed by atoms with Gasteiger partial charge in [0.05, 0.1) is 23.5 Å². The SMILES string of the molecule is Cc1ccc(CN2C(=O)[C@](O)(CC(=O)c3ccc(C)s3)c3cc(Cl)ccc32)cc1. The van der Waals surface area contributed by atoms with Crippen molar-refractivity contribution in [2.75, 3.05) is 4.90 Å². The molecule has 0 fully saturated rings. The van der Waals surface area contributed by atoms with Gasteiger partial charge in [-0.15, -0.1) is 11.3 Å². The van der Waals surface area contributed by atoms with Crippen LogP contribution in [-0.2, 0) is 16.9 Å². The zero-order valence-corrected chi connectivity index (χ0v) is 17.7. The number of aliphatic hydroxyl groups is 1. The highest BCUT2D eigenvalue weighted by molar-refractivity contribution is 7.14.